The zero-order chi connectivity index (χ0) is 18.4. The summed E-state index contributed by atoms with van der Waals surface area (Å²) >= 11 is 11.9. The molecule has 0 aliphatic rings. The van der Waals surface area contributed by atoms with E-state index in [1.165, 1.54) is 0 Å². The van der Waals surface area contributed by atoms with Gasteiger partial charge in [0.25, 0.3) is 0 Å². The lowest BCUT2D eigenvalue weighted by Gasteiger charge is -2.17. The van der Waals surface area contributed by atoms with Gasteiger partial charge in [-0.05, 0) is 49.2 Å². The van der Waals surface area contributed by atoms with E-state index in [-0.39, 0.29) is 12.5 Å². The van der Waals surface area contributed by atoms with Crippen molar-refractivity contribution in [3.05, 3.63) is 63.6 Å². The number of carbonyl (C=O) groups is 1. The molecule has 0 radical (unpaired) electrons. The highest BCUT2D eigenvalue weighted by atomic mass is 35.5. The van der Waals surface area contributed by atoms with Crippen molar-refractivity contribution in [2.75, 3.05) is 0 Å². The van der Waals surface area contributed by atoms with Gasteiger partial charge in [-0.15, -0.1) is 0 Å². The van der Waals surface area contributed by atoms with Gasteiger partial charge in [-0.2, -0.15) is 0 Å². The van der Waals surface area contributed by atoms with Crippen LogP contribution >= 0.6 is 23.2 Å². The lowest BCUT2D eigenvalue weighted by Crippen LogP contribution is -2.29. The molecule has 2 aromatic carbocycles. The molecule has 0 spiro atoms. The molecule has 0 saturated heterocycles. The fourth-order valence-corrected chi connectivity index (χ4v) is 2.62. The first-order chi connectivity index (χ1) is 11.8. The van der Waals surface area contributed by atoms with E-state index in [0.717, 1.165) is 11.1 Å². The van der Waals surface area contributed by atoms with Gasteiger partial charge in [-0.3, -0.25) is 0 Å². The maximum Gasteiger partial charge on any atom is 0.333 e. The fourth-order valence-electron chi connectivity index (χ4n) is 2.29. The largest absolute Gasteiger partial charge is 0.489 e. The van der Waals surface area contributed by atoms with Crippen LogP contribution in [0.1, 0.15) is 25.0 Å². The van der Waals surface area contributed by atoms with Gasteiger partial charge in [0.2, 0.25) is 0 Å². The smallest absolute Gasteiger partial charge is 0.333 e. The number of hydrogen-bond acceptors (Lipinski definition) is 3. The van der Waals surface area contributed by atoms with Crippen LogP contribution in [0.4, 0.5) is 0 Å². The highest BCUT2D eigenvalue weighted by molar-refractivity contribution is 6.42. The Morgan fingerprint density at radius 2 is 1.84 bits per heavy atom. The molecule has 1 atom stereocenters. The summed E-state index contributed by atoms with van der Waals surface area (Å²) in [5.41, 5.74) is 1.73. The Morgan fingerprint density at radius 3 is 2.48 bits per heavy atom. The molecule has 0 aliphatic heterocycles. The number of aliphatic carboxylic acids is 1. The minimum atomic E-state index is -0.976. The second kappa shape index (κ2) is 9.09. The minimum Gasteiger partial charge on any atom is -0.489 e. The van der Waals surface area contributed by atoms with Crippen LogP contribution in [0.25, 0.3) is 0 Å². The molecular weight excluding hydrogens is 363 g/mol. The molecule has 0 saturated carbocycles. The molecule has 25 heavy (non-hydrogen) atoms. The molecule has 6 heteroatoms. The van der Waals surface area contributed by atoms with E-state index in [1.807, 2.05) is 44.2 Å². The third-order valence-electron chi connectivity index (χ3n) is 3.42. The maximum absolute atomic E-state index is 11.3. The van der Waals surface area contributed by atoms with Gasteiger partial charge in [0.05, 0.1) is 16.1 Å². The Hall–Kier alpha value is -1.75. The topological polar surface area (TPSA) is 55.8 Å². The first-order valence-corrected chi connectivity index (χ1v) is 8.64. The molecule has 0 amide bonds. The SMILES string of the molecule is CC(C)OC(Cc1cccc(OCc2ccc(Cl)c(Cl)c2)c1)C(=O)O. The van der Waals surface area contributed by atoms with Crippen LogP contribution in [0.3, 0.4) is 0 Å². The number of carboxylic acids is 1. The van der Waals surface area contributed by atoms with Gasteiger partial charge in [-0.1, -0.05) is 41.4 Å². The first kappa shape index (κ1) is 19.6. The van der Waals surface area contributed by atoms with Crippen molar-refractivity contribution in [2.24, 2.45) is 0 Å². The number of ether oxygens (including phenoxy) is 2. The van der Waals surface area contributed by atoms with Crippen LogP contribution in [0.2, 0.25) is 10.0 Å². The van der Waals surface area contributed by atoms with E-state index in [4.69, 9.17) is 32.7 Å². The molecule has 4 nitrogen and oxygen atoms in total. The van der Waals surface area contributed by atoms with Crippen molar-refractivity contribution in [1.82, 2.24) is 0 Å². The third-order valence-corrected chi connectivity index (χ3v) is 4.16. The van der Waals surface area contributed by atoms with Gasteiger partial charge in [0, 0.05) is 6.42 Å². The van der Waals surface area contributed by atoms with Crippen LogP contribution < -0.4 is 4.74 Å². The predicted octanol–water partition coefficient (Wildman–Crippen LogP) is 4.99. The third kappa shape index (κ3) is 6.24. The zero-order valence-electron chi connectivity index (χ0n) is 14.0. The normalized spacial score (nSPS) is 12.2. The number of benzene rings is 2. The Labute approximate surface area is 157 Å². The summed E-state index contributed by atoms with van der Waals surface area (Å²) in [4.78, 5) is 11.3. The number of hydrogen-bond donors (Lipinski definition) is 1. The van der Waals surface area contributed by atoms with Gasteiger partial charge in [0.1, 0.15) is 12.4 Å². The summed E-state index contributed by atoms with van der Waals surface area (Å²) < 4.78 is 11.2. The van der Waals surface area contributed by atoms with E-state index in [0.29, 0.717) is 22.4 Å². The monoisotopic (exact) mass is 382 g/mol. The fraction of sp³-hybridized carbons (Fsp3) is 0.316. The van der Waals surface area contributed by atoms with Crippen molar-refractivity contribution in [3.63, 3.8) is 0 Å². The van der Waals surface area contributed by atoms with Gasteiger partial charge in [-0.25, -0.2) is 4.79 Å². The molecule has 2 rings (SSSR count). The van der Waals surface area contributed by atoms with E-state index >= 15 is 0 Å². The van der Waals surface area contributed by atoms with Crippen LogP contribution in [0.15, 0.2) is 42.5 Å². The molecule has 2 aromatic rings. The molecule has 134 valence electrons. The molecule has 0 bridgehead atoms. The number of halogens is 2. The van der Waals surface area contributed by atoms with Crippen molar-refractivity contribution < 1.29 is 19.4 Å². The summed E-state index contributed by atoms with van der Waals surface area (Å²) in [5, 5.41) is 10.2. The van der Waals surface area contributed by atoms with E-state index < -0.39 is 12.1 Å². The van der Waals surface area contributed by atoms with Gasteiger partial charge < -0.3 is 14.6 Å². The summed E-state index contributed by atoms with van der Waals surface area (Å²) in [6.07, 6.45) is -0.766. The minimum absolute atomic E-state index is 0.157. The van der Waals surface area contributed by atoms with Crippen molar-refractivity contribution in [2.45, 2.75) is 39.1 Å². The van der Waals surface area contributed by atoms with E-state index in [1.54, 1.807) is 12.1 Å². The first-order valence-electron chi connectivity index (χ1n) is 7.89. The zero-order valence-corrected chi connectivity index (χ0v) is 15.6. The molecule has 0 heterocycles. The Kier molecular flexibility index (Phi) is 7.12. The predicted molar refractivity (Wildman–Crippen MR) is 98.6 cm³/mol. The molecule has 1 N–H and O–H groups in total. The lowest BCUT2D eigenvalue weighted by molar-refractivity contribution is -0.153. The van der Waals surface area contributed by atoms with Crippen molar-refractivity contribution in [3.8, 4) is 5.75 Å². The molecule has 0 aliphatic carbocycles. The number of carboxylic acid groups (broad SMARTS) is 1. The van der Waals surface area contributed by atoms with Crippen LogP contribution in [0.5, 0.6) is 5.75 Å². The lowest BCUT2D eigenvalue weighted by atomic mass is 10.1. The summed E-state index contributed by atoms with van der Waals surface area (Å²) in [6, 6.07) is 12.6. The second-order valence-corrected chi connectivity index (χ2v) is 6.71. The second-order valence-electron chi connectivity index (χ2n) is 5.90. The van der Waals surface area contributed by atoms with Crippen molar-refractivity contribution in [1.29, 1.82) is 0 Å². The quantitative estimate of drug-likeness (QED) is 0.698. The van der Waals surface area contributed by atoms with Gasteiger partial charge >= 0.3 is 5.97 Å². The Morgan fingerprint density at radius 1 is 1.08 bits per heavy atom. The molecule has 0 aromatic heterocycles. The number of rotatable bonds is 8. The molecule has 0 fully saturated rings. The van der Waals surface area contributed by atoms with Crippen LogP contribution in [-0.2, 0) is 22.6 Å². The summed E-state index contributed by atoms with van der Waals surface area (Å²) in [5.74, 6) is -0.326. The molecule has 1 unspecified atom stereocenters. The van der Waals surface area contributed by atoms with E-state index in [2.05, 4.69) is 0 Å². The Balaban J connectivity index is 2.02. The highest BCUT2D eigenvalue weighted by Gasteiger charge is 2.20. The summed E-state index contributed by atoms with van der Waals surface area (Å²) in [6.45, 7) is 3.96. The highest BCUT2D eigenvalue weighted by Crippen LogP contribution is 2.24. The molecular formula is C19H20Cl2O4. The van der Waals surface area contributed by atoms with Crippen LogP contribution in [0, 0.1) is 0 Å². The van der Waals surface area contributed by atoms with Crippen LogP contribution in [-0.4, -0.2) is 23.3 Å². The Bertz CT molecular complexity index is 731. The average Bonchev–Trinajstić information content (AvgIpc) is 2.55. The van der Waals surface area contributed by atoms with E-state index in [9.17, 15) is 9.90 Å². The maximum atomic E-state index is 11.3. The average molecular weight is 383 g/mol. The van der Waals surface area contributed by atoms with Crippen molar-refractivity contribution >= 4 is 29.2 Å². The summed E-state index contributed by atoms with van der Waals surface area (Å²) in [7, 11) is 0. The standard InChI is InChI=1S/C19H20Cl2O4/c1-12(2)25-18(19(22)23)10-13-4-3-5-15(8-13)24-11-14-6-7-16(20)17(21)9-14/h3-9,12,18H,10-11H2,1-2H3,(H,22,23). The van der Waals surface area contributed by atoms with Gasteiger partial charge in [0.15, 0.2) is 6.10 Å².